The van der Waals surface area contributed by atoms with Gasteiger partial charge >= 0.3 is 0 Å². The van der Waals surface area contributed by atoms with Gasteiger partial charge in [0.1, 0.15) is 11.5 Å². The zero-order valence-corrected chi connectivity index (χ0v) is 12.2. The average molecular weight is 366 g/mol. The minimum atomic E-state index is -2.35. The molecule has 2 aromatic rings. The van der Waals surface area contributed by atoms with Crippen molar-refractivity contribution in [2.24, 2.45) is 0 Å². The summed E-state index contributed by atoms with van der Waals surface area (Å²) in [6, 6.07) is 3.68. The summed E-state index contributed by atoms with van der Waals surface area (Å²) in [5.41, 5.74) is -1.70. The van der Waals surface area contributed by atoms with E-state index in [-0.39, 0.29) is 10.6 Å². The first kappa shape index (κ1) is 17.9. The van der Waals surface area contributed by atoms with Crippen molar-refractivity contribution in [3.05, 3.63) is 69.8 Å². The molecule has 24 heavy (non-hydrogen) atoms. The number of amides is 1. The standard InChI is InChI=1S/C15H6ClF6NO/c16-7-2-1-3-8(17)6(7)4-5-9(24)23-15-13(21)11(19)10(18)12(20)14(15)22/h1-5H,(H,23,24). The van der Waals surface area contributed by atoms with Crippen LogP contribution in [0.3, 0.4) is 0 Å². The molecule has 0 unspecified atom stereocenters. The Hall–Kier alpha value is -2.48. The first-order valence-corrected chi connectivity index (χ1v) is 6.56. The van der Waals surface area contributed by atoms with Crippen molar-refractivity contribution in [3.63, 3.8) is 0 Å². The van der Waals surface area contributed by atoms with Crippen LogP contribution in [0.1, 0.15) is 5.56 Å². The van der Waals surface area contributed by atoms with E-state index in [0.717, 1.165) is 12.1 Å². The van der Waals surface area contributed by atoms with Crippen molar-refractivity contribution >= 4 is 29.3 Å². The quantitative estimate of drug-likeness (QED) is 0.359. The maximum Gasteiger partial charge on any atom is 0.248 e. The maximum absolute atomic E-state index is 13.5. The highest BCUT2D eigenvalue weighted by molar-refractivity contribution is 6.32. The molecule has 0 aliphatic carbocycles. The van der Waals surface area contributed by atoms with Crippen molar-refractivity contribution in [2.45, 2.75) is 0 Å². The van der Waals surface area contributed by atoms with Crippen LogP contribution < -0.4 is 5.32 Å². The molecule has 0 fully saturated rings. The van der Waals surface area contributed by atoms with Crippen molar-refractivity contribution < 1.29 is 31.1 Å². The molecular weight excluding hydrogens is 360 g/mol. The summed E-state index contributed by atoms with van der Waals surface area (Å²) < 4.78 is 79.2. The van der Waals surface area contributed by atoms with Gasteiger partial charge in [0.2, 0.25) is 11.7 Å². The second kappa shape index (κ2) is 6.96. The summed E-state index contributed by atoms with van der Waals surface area (Å²) in [7, 11) is 0. The molecule has 0 aliphatic rings. The molecule has 1 amide bonds. The van der Waals surface area contributed by atoms with Gasteiger partial charge in [0, 0.05) is 11.6 Å². The Kier molecular flexibility index (Phi) is 5.18. The number of halogens is 7. The van der Waals surface area contributed by atoms with E-state index in [2.05, 4.69) is 0 Å². The molecule has 0 saturated heterocycles. The minimum Gasteiger partial charge on any atom is -0.317 e. The van der Waals surface area contributed by atoms with Gasteiger partial charge in [-0.05, 0) is 18.2 Å². The number of hydrogen-bond acceptors (Lipinski definition) is 1. The van der Waals surface area contributed by atoms with Gasteiger partial charge in [-0.25, -0.2) is 26.3 Å². The maximum atomic E-state index is 13.5. The summed E-state index contributed by atoms with van der Waals surface area (Å²) in [6.07, 6.45) is 1.52. The van der Waals surface area contributed by atoms with Crippen molar-refractivity contribution in [1.29, 1.82) is 0 Å². The fourth-order valence-electron chi connectivity index (χ4n) is 1.71. The lowest BCUT2D eigenvalue weighted by Gasteiger charge is -2.08. The molecule has 0 heterocycles. The van der Waals surface area contributed by atoms with Gasteiger partial charge in [0.25, 0.3) is 0 Å². The Bertz CT molecular complexity index is 803. The second-order valence-corrected chi connectivity index (χ2v) is 4.81. The summed E-state index contributed by atoms with van der Waals surface area (Å²) in [5.74, 6) is -13.2. The average Bonchev–Trinajstić information content (AvgIpc) is 2.54. The summed E-state index contributed by atoms with van der Waals surface area (Å²) in [6.45, 7) is 0. The van der Waals surface area contributed by atoms with Crippen molar-refractivity contribution in [3.8, 4) is 0 Å². The number of carbonyl (C=O) groups is 1. The number of hydrogen-bond donors (Lipinski definition) is 1. The third-order valence-corrected chi connectivity index (χ3v) is 3.19. The van der Waals surface area contributed by atoms with Crippen molar-refractivity contribution in [1.82, 2.24) is 0 Å². The molecule has 0 aromatic heterocycles. The van der Waals surface area contributed by atoms with Gasteiger partial charge < -0.3 is 5.32 Å². The molecular formula is C15H6ClF6NO. The molecule has 0 spiro atoms. The predicted molar refractivity (Wildman–Crippen MR) is 75.3 cm³/mol. The van der Waals surface area contributed by atoms with Crippen LogP contribution in [0.2, 0.25) is 5.02 Å². The van der Waals surface area contributed by atoms with Gasteiger partial charge in [-0.1, -0.05) is 17.7 Å². The lowest BCUT2D eigenvalue weighted by atomic mass is 10.2. The van der Waals surface area contributed by atoms with E-state index >= 15 is 0 Å². The fraction of sp³-hybridized carbons (Fsp3) is 0. The van der Waals surface area contributed by atoms with Gasteiger partial charge in [-0.2, -0.15) is 0 Å². The van der Waals surface area contributed by atoms with Crippen LogP contribution in [-0.4, -0.2) is 5.91 Å². The van der Waals surface area contributed by atoms with E-state index in [1.807, 2.05) is 0 Å². The summed E-state index contributed by atoms with van der Waals surface area (Å²) >= 11 is 5.70. The topological polar surface area (TPSA) is 29.1 Å². The van der Waals surface area contributed by atoms with E-state index in [0.29, 0.717) is 6.08 Å². The first-order chi connectivity index (χ1) is 11.2. The molecule has 2 aromatic carbocycles. The molecule has 126 valence electrons. The molecule has 1 N–H and O–H groups in total. The lowest BCUT2D eigenvalue weighted by molar-refractivity contribution is -0.111. The highest BCUT2D eigenvalue weighted by Crippen LogP contribution is 2.27. The number of benzene rings is 2. The number of rotatable bonds is 3. The van der Waals surface area contributed by atoms with Crippen LogP contribution in [0.15, 0.2) is 24.3 Å². The lowest BCUT2D eigenvalue weighted by Crippen LogP contribution is -2.14. The molecule has 2 nitrogen and oxygen atoms in total. The van der Waals surface area contributed by atoms with E-state index in [1.165, 1.54) is 17.4 Å². The molecule has 0 saturated carbocycles. The molecule has 0 radical (unpaired) electrons. The van der Waals surface area contributed by atoms with Gasteiger partial charge in [-0.3, -0.25) is 4.79 Å². The second-order valence-electron chi connectivity index (χ2n) is 4.40. The first-order valence-electron chi connectivity index (χ1n) is 6.18. The van der Waals surface area contributed by atoms with Gasteiger partial charge in [-0.15, -0.1) is 0 Å². The normalized spacial score (nSPS) is 11.1. The number of nitrogens with one attached hydrogen (secondary N) is 1. The molecule has 9 heteroatoms. The number of anilines is 1. The Morgan fingerprint density at radius 3 is 2.00 bits per heavy atom. The highest BCUT2D eigenvalue weighted by atomic mass is 35.5. The van der Waals surface area contributed by atoms with Crippen molar-refractivity contribution in [2.75, 3.05) is 5.32 Å². The minimum absolute atomic E-state index is 0.0460. The van der Waals surface area contributed by atoms with Gasteiger partial charge in [0.05, 0.1) is 5.02 Å². The monoisotopic (exact) mass is 365 g/mol. The molecule has 2 rings (SSSR count). The SMILES string of the molecule is O=C(C=Cc1c(F)cccc1Cl)Nc1c(F)c(F)c(F)c(F)c1F. The van der Waals surface area contributed by atoms with Crippen LogP contribution in [0.5, 0.6) is 0 Å². The summed E-state index contributed by atoms with van der Waals surface area (Å²) in [5, 5.41) is 1.46. The highest BCUT2D eigenvalue weighted by Gasteiger charge is 2.26. The van der Waals surface area contributed by atoms with Crippen LogP contribution in [0, 0.1) is 34.9 Å². The third-order valence-electron chi connectivity index (χ3n) is 2.86. The van der Waals surface area contributed by atoms with Crippen LogP contribution >= 0.6 is 11.6 Å². The van der Waals surface area contributed by atoms with Gasteiger partial charge in [0.15, 0.2) is 23.3 Å². The van der Waals surface area contributed by atoms with Crippen LogP contribution in [0.4, 0.5) is 32.0 Å². The zero-order chi connectivity index (χ0) is 18.0. The smallest absolute Gasteiger partial charge is 0.248 e. The number of carbonyl (C=O) groups excluding carboxylic acids is 1. The Labute approximate surface area is 136 Å². The van der Waals surface area contributed by atoms with E-state index in [9.17, 15) is 31.1 Å². The Morgan fingerprint density at radius 1 is 0.917 bits per heavy atom. The van der Waals surface area contributed by atoms with E-state index in [4.69, 9.17) is 11.6 Å². The third kappa shape index (κ3) is 3.38. The van der Waals surface area contributed by atoms with E-state index in [1.54, 1.807) is 0 Å². The Balaban J connectivity index is 2.30. The molecule has 0 bridgehead atoms. The fourth-order valence-corrected chi connectivity index (χ4v) is 1.93. The Morgan fingerprint density at radius 2 is 1.46 bits per heavy atom. The van der Waals surface area contributed by atoms with E-state index < -0.39 is 46.5 Å². The predicted octanol–water partition coefficient (Wildman–Crippen LogP) is 4.83. The molecule has 0 aliphatic heterocycles. The molecule has 0 atom stereocenters. The van der Waals surface area contributed by atoms with Crippen LogP contribution in [0.25, 0.3) is 6.08 Å². The van der Waals surface area contributed by atoms with Crippen LogP contribution in [-0.2, 0) is 4.79 Å². The largest absolute Gasteiger partial charge is 0.317 e. The summed E-state index contributed by atoms with van der Waals surface area (Å²) in [4.78, 5) is 11.6. The zero-order valence-electron chi connectivity index (χ0n) is 11.4.